The van der Waals surface area contributed by atoms with E-state index in [1.54, 1.807) is 13.0 Å². The molecule has 1 amide bonds. The summed E-state index contributed by atoms with van der Waals surface area (Å²) in [6.45, 7) is 1.28. The zero-order chi connectivity index (χ0) is 28.7. The molecule has 0 N–H and O–H groups in total. The molecule has 8 nitrogen and oxygen atoms in total. The maximum absolute atomic E-state index is 13.7. The Morgan fingerprint density at radius 2 is 1.74 bits per heavy atom. The van der Waals surface area contributed by atoms with Gasteiger partial charge < -0.3 is 9.47 Å². The van der Waals surface area contributed by atoms with Crippen molar-refractivity contribution >= 4 is 35.3 Å². The Kier molecular flexibility index (Phi) is 10.1. The molecule has 0 radical (unpaired) electrons. The number of halogens is 7. The SMILES string of the molecule is C#CCN(OOC(=O)c1cc(Oc2c(Cl)cc(C(F)(F)C(F)(F)F)cc2Cl)ccc1C#N)C(=O)OCCC. The molecule has 0 heterocycles. The van der Waals surface area contributed by atoms with E-state index in [0.29, 0.717) is 23.6 Å². The van der Waals surface area contributed by atoms with Crippen molar-refractivity contribution in [3.8, 4) is 29.9 Å². The lowest BCUT2D eigenvalue weighted by molar-refractivity contribution is -0.365. The number of terminal acetylenes is 1. The fraction of sp³-hybridized carbons (Fsp3) is 0.261. The lowest BCUT2D eigenvalue weighted by Gasteiger charge is -2.21. The number of alkyl halides is 5. The highest BCUT2D eigenvalue weighted by molar-refractivity contribution is 6.37. The van der Waals surface area contributed by atoms with Crippen LogP contribution in [0.3, 0.4) is 0 Å². The number of ether oxygens (including phenoxy) is 2. The minimum Gasteiger partial charge on any atom is -0.454 e. The van der Waals surface area contributed by atoms with Crippen molar-refractivity contribution in [3.05, 3.63) is 57.1 Å². The third kappa shape index (κ3) is 7.16. The van der Waals surface area contributed by atoms with Crippen molar-refractivity contribution in [2.75, 3.05) is 13.2 Å². The number of hydrogen-bond donors (Lipinski definition) is 0. The fourth-order valence-corrected chi connectivity index (χ4v) is 3.13. The quantitative estimate of drug-likeness (QED) is 0.139. The second-order valence-electron chi connectivity index (χ2n) is 7.06. The third-order valence-electron chi connectivity index (χ3n) is 4.34. The minimum absolute atomic E-state index is 0.0229. The predicted octanol–water partition coefficient (Wildman–Crippen LogP) is 6.80. The lowest BCUT2D eigenvalue weighted by atomic mass is 10.1. The summed E-state index contributed by atoms with van der Waals surface area (Å²) >= 11 is 11.7. The van der Waals surface area contributed by atoms with Crippen LogP contribution in [0.4, 0.5) is 26.7 Å². The number of nitrogens with zero attached hydrogens (tertiary/aromatic N) is 2. The number of hydroxylamine groups is 2. The molecule has 38 heavy (non-hydrogen) atoms. The van der Waals surface area contributed by atoms with Crippen LogP contribution in [0, 0.1) is 23.7 Å². The van der Waals surface area contributed by atoms with Gasteiger partial charge in [-0.3, -0.25) is 4.89 Å². The standard InChI is InChI=1S/C23H15Cl2F5N2O6/c1-3-7-32(21(34)35-8-4-2)38-37-20(33)16-11-15(6-5-13(16)12-31)36-19-17(24)9-14(10-18(19)25)22(26,27)23(28,29)30/h1,5-6,9-11H,4,7-8H2,2H3. The molecule has 0 aliphatic rings. The molecule has 0 saturated carbocycles. The molecule has 0 aliphatic heterocycles. The van der Waals surface area contributed by atoms with Crippen molar-refractivity contribution in [3.63, 3.8) is 0 Å². The van der Waals surface area contributed by atoms with E-state index in [1.807, 2.05) is 0 Å². The molecule has 202 valence electrons. The summed E-state index contributed by atoms with van der Waals surface area (Å²) in [6, 6.07) is 5.52. The first-order valence-electron chi connectivity index (χ1n) is 10.2. The van der Waals surface area contributed by atoms with E-state index >= 15 is 0 Å². The molecule has 0 spiro atoms. The van der Waals surface area contributed by atoms with Gasteiger partial charge >= 0.3 is 24.2 Å². The molecule has 0 aliphatic carbocycles. The molecule has 2 aromatic carbocycles. The maximum Gasteiger partial charge on any atom is 0.458 e. The zero-order valence-electron chi connectivity index (χ0n) is 19.1. The Labute approximate surface area is 222 Å². The number of carbonyl (C=O) groups excluding carboxylic acids is 2. The van der Waals surface area contributed by atoms with Crippen molar-refractivity contribution in [1.29, 1.82) is 5.26 Å². The third-order valence-corrected chi connectivity index (χ3v) is 4.90. The average Bonchev–Trinajstić information content (AvgIpc) is 2.85. The maximum atomic E-state index is 13.7. The Balaban J connectivity index is 2.30. The van der Waals surface area contributed by atoms with Crippen LogP contribution >= 0.6 is 23.2 Å². The van der Waals surface area contributed by atoms with E-state index in [-0.39, 0.29) is 17.9 Å². The van der Waals surface area contributed by atoms with Gasteiger partial charge in [0.25, 0.3) is 0 Å². The van der Waals surface area contributed by atoms with Gasteiger partial charge in [-0.15, -0.1) is 11.5 Å². The van der Waals surface area contributed by atoms with Crippen molar-refractivity contribution in [2.45, 2.75) is 25.4 Å². The van der Waals surface area contributed by atoms with Crippen LogP contribution in [0.15, 0.2) is 30.3 Å². The zero-order valence-corrected chi connectivity index (χ0v) is 20.6. The van der Waals surface area contributed by atoms with Crippen LogP contribution in [0.1, 0.15) is 34.8 Å². The van der Waals surface area contributed by atoms with E-state index < -0.39 is 57.6 Å². The van der Waals surface area contributed by atoms with Crippen molar-refractivity contribution in [2.24, 2.45) is 0 Å². The fourth-order valence-electron chi connectivity index (χ4n) is 2.56. The molecule has 15 heteroatoms. The monoisotopic (exact) mass is 580 g/mol. The summed E-state index contributed by atoms with van der Waals surface area (Å²) in [5.41, 5.74) is -2.23. The van der Waals surface area contributed by atoms with Gasteiger partial charge in [0, 0.05) is 5.56 Å². The number of carbonyl (C=O) groups is 2. The summed E-state index contributed by atoms with van der Waals surface area (Å²) in [4.78, 5) is 33.6. The van der Waals surface area contributed by atoms with Gasteiger partial charge in [0.05, 0.1) is 27.8 Å². The first-order valence-corrected chi connectivity index (χ1v) is 10.9. The van der Waals surface area contributed by atoms with Gasteiger partial charge in [0.1, 0.15) is 18.4 Å². The molecular weight excluding hydrogens is 566 g/mol. The molecule has 0 fully saturated rings. The highest BCUT2D eigenvalue weighted by atomic mass is 35.5. The first-order chi connectivity index (χ1) is 17.8. The van der Waals surface area contributed by atoms with Crippen LogP contribution in [-0.2, 0) is 20.5 Å². The predicted molar refractivity (Wildman–Crippen MR) is 121 cm³/mol. The number of benzene rings is 2. The Morgan fingerprint density at radius 3 is 2.26 bits per heavy atom. The number of hydrogen-bond acceptors (Lipinski definition) is 7. The van der Waals surface area contributed by atoms with Crippen molar-refractivity contribution in [1.82, 2.24) is 5.06 Å². The van der Waals surface area contributed by atoms with Crippen LogP contribution in [-0.4, -0.2) is 36.5 Å². The smallest absolute Gasteiger partial charge is 0.454 e. The van der Waals surface area contributed by atoms with E-state index in [2.05, 4.69) is 15.8 Å². The summed E-state index contributed by atoms with van der Waals surface area (Å²) < 4.78 is 75.6. The van der Waals surface area contributed by atoms with Crippen LogP contribution in [0.25, 0.3) is 0 Å². The van der Waals surface area contributed by atoms with Gasteiger partial charge in [0.15, 0.2) is 5.75 Å². The van der Waals surface area contributed by atoms with Crippen LogP contribution in [0.2, 0.25) is 10.0 Å². The molecular formula is C23H15Cl2F5N2O6. The molecule has 0 atom stereocenters. The summed E-state index contributed by atoms with van der Waals surface area (Å²) in [7, 11) is 0. The molecule has 2 aromatic rings. The number of nitriles is 1. The van der Waals surface area contributed by atoms with E-state index in [9.17, 15) is 36.8 Å². The first kappa shape index (κ1) is 30.4. The summed E-state index contributed by atoms with van der Waals surface area (Å²) in [5, 5.41) is 8.30. The summed E-state index contributed by atoms with van der Waals surface area (Å²) in [5.74, 6) is -5.24. The minimum atomic E-state index is -5.91. The van der Waals surface area contributed by atoms with Gasteiger partial charge in [-0.2, -0.15) is 27.2 Å². The largest absolute Gasteiger partial charge is 0.458 e. The summed E-state index contributed by atoms with van der Waals surface area (Å²) in [6.07, 6.45) is -1.35. The van der Waals surface area contributed by atoms with Gasteiger partial charge in [-0.1, -0.05) is 36.0 Å². The second-order valence-corrected chi connectivity index (χ2v) is 7.88. The van der Waals surface area contributed by atoms with Gasteiger partial charge in [-0.25, -0.2) is 9.59 Å². The molecule has 0 bridgehead atoms. The second kappa shape index (κ2) is 12.6. The Morgan fingerprint density at radius 1 is 1.11 bits per heavy atom. The number of amides is 1. The number of rotatable bonds is 9. The molecule has 0 unspecified atom stereocenters. The van der Waals surface area contributed by atoms with Gasteiger partial charge in [0.2, 0.25) is 0 Å². The van der Waals surface area contributed by atoms with E-state index in [4.69, 9.17) is 39.1 Å². The lowest BCUT2D eigenvalue weighted by Crippen LogP contribution is -2.33. The van der Waals surface area contributed by atoms with E-state index in [0.717, 1.165) is 18.2 Å². The average molecular weight is 581 g/mol. The van der Waals surface area contributed by atoms with Crippen LogP contribution < -0.4 is 4.74 Å². The highest BCUT2D eigenvalue weighted by Gasteiger charge is 2.59. The Bertz CT molecular complexity index is 1270. The topological polar surface area (TPSA) is 98.1 Å². The van der Waals surface area contributed by atoms with E-state index in [1.165, 1.54) is 0 Å². The van der Waals surface area contributed by atoms with Gasteiger partial charge in [-0.05, 0) is 41.7 Å². The molecule has 0 saturated heterocycles. The van der Waals surface area contributed by atoms with Crippen LogP contribution in [0.5, 0.6) is 11.5 Å². The Hall–Kier alpha value is -3.78. The normalized spacial score (nSPS) is 11.2. The van der Waals surface area contributed by atoms with Crippen molar-refractivity contribution < 1.29 is 50.9 Å². The molecule has 2 rings (SSSR count). The molecule has 0 aromatic heterocycles. The highest BCUT2D eigenvalue weighted by Crippen LogP contribution is 2.47.